The Morgan fingerprint density at radius 2 is 0.750 bits per heavy atom. The van der Waals surface area contributed by atoms with Gasteiger partial charge in [-0.1, -0.05) is 0 Å². The third-order valence-corrected chi connectivity index (χ3v) is 1.16. The molecule has 6 nitrogen and oxygen atoms in total. The first-order chi connectivity index (χ1) is 6.81. The normalized spacial score (nSPS) is 6.94. The van der Waals surface area contributed by atoms with Crippen molar-refractivity contribution in [3.8, 4) is 0 Å². The summed E-state index contributed by atoms with van der Waals surface area (Å²) < 4.78 is 0. The molecule has 0 aliphatic heterocycles. The summed E-state index contributed by atoms with van der Waals surface area (Å²) in [5, 5.41) is 27.5. The Morgan fingerprint density at radius 1 is 0.688 bits per heavy atom. The topological polar surface area (TPSA) is 120 Å². The molecular formula is C6H9CoO6S3. The van der Waals surface area contributed by atoms with Crippen LogP contribution in [-0.4, -0.2) is 35.2 Å². The van der Waals surface area contributed by atoms with Crippen molar-refractivity contribution >= 4 is 55.8 Å². The van der Waals surface area contributed by atoms with Gasteiger partial charge in [-0.05, 0) is 0 Å². The van der Waals surface area contributed by atoms with Gasteiger partial charge in [-0.25, -0.2) is 0 Å². The molecule has 0 aliphatic carbocycles. The molecule has 0 saturated carbocycles. The zero-order valence-electron chi connectivity index (χ0n) is 7.75. The largest absolute Gasteiger partial charge is 3.00 e. The monoisotopic (exact) mass is 332 g/mol. The Balaban J connectivity index is -0.0000000655. The summed E-state index contributed by atoms with van der Waals surface area (Å²) >= 11 is 10.1. The molecule has 0 unspecified atom stereocenters. The Hall–Kier alpha value is -0.0335. The molecule has 0 heterocycles. The molecule has 0 radical (unpaired) electrons. The van der Waals surface area contributed by atoms with Gasteiger partial charge in [0.1, 0.15) is 0 Å². The third kappa shape index (κ3) is 66.0. The van der Waals surface area contributed by atoms with Gasteiger partial charge in [-0.2, -0.15) is 37.9 Å². The summed E-state index contributed by atoms with van der Waals surface area (Å²) in [4.78, 5) is 27.5. The van der Waals surface area contributed by atoms with Crippen LogP contribution in [0.25, 0.3) is 0 Å². The summed E-state index contributed by atoms with van der Waals surface area (Å²) in [5.74, 6) is -3.98. The van der Waals surface area contributed by atoms with Crippen LogP contribution in [0.3, 0.4) is 0 Å². The minimum Gasteiger partial charge on any atom is -0.549 e. The Kier molecular flexibility index (Phi) is 31.8. The maximum atomic E-state index is 9.18. The molecule has 0 amide bonds. The molecule has 10 heteroatoms. The van der Waals surface area contributed by atoms with Gasteiger partial charge in [0.15, 0.2) is 0 Å². The van der Waals surface area contributed by atoms with Crippen LogP contribution < -0.4 is 15.3 Å². The van der Waals surface area contributed by atoms with Crippen molar-refractivity contribution < 1.29 is 46.5 Å². The van der Waals surface area contributed by atoms with Gasteiger partial charge in [-0.3, -0.25) is 0 Å². The smallest absolute Gasteiger partial charge is 0.549 e. The minimum absolute atomic E-state index is 0. The summed E-state index contributed by atoms with van der Waals surface area (Å²) in [6.07, 6.45) is 0. The van der Waals surface area contributed by atoms with Gasteiger partial charge in [-0.15, -0.1) is 0 Å². The van der Waals surface area contributed by atoms with Crippen LogP contribution in [0, 0.1) is 0 Å². The van der Waals surface area contributed by atoms with Gasteiger partial charge >= 0.3 is 16.8 Å². The molecule has 0 aromatic heterocycles. The fraction of sp³-hybridized carbons (Fsp3) is 0.500. The van der Waals surface area contributed by atoms with Crippen LogP contribution in [0.4, 0.5) is 0 Å². The van der Waals surface area contributed by atoms with E-state index in [1.54, 1.807) is 0 Å². The van der Waals surface area contributed by atoms with Crippen LogP contribution in [0.1, 0.15) is 0 Å². The quantitative estimate of drug-likeness (QED) is 0.453. The number of hydrogen-bond donors (Lipinski definition) is 3. The number of carbonyl (C=O) groups excluding carboxylic acids is 3. The fourth-order valence-corrected chi connectivity index (χ4v) is 0. The van der Waals surface area contributed by atoms with E-state index < -0.39 is 17.9 Å². The van der Waals surface area contributed by atoms with Crippen molar-refractivity contribution in [3.63, 3.8) is 0 Å². The molecule has 0 N–H and O–H groups in total. The molecule has 16 heavy (non-hydrogen) atoms. The van der Waals surface area contributed by atoms with E-state index in [4.69, 9.17) is 0 Å². The zero-order chi connectivity index (χ0) is 12.9. The van der Waals surface area contributed by atoms with Crippen molar-refractivity contribution in [2.45, 2.75) is 0 Å². The number of carbonyl (C=O) groups is 3. The SMILES string of the molecule is O=C([O-])CS.O=C([O-])CS.O=C([O-])CS.[Co+3]. The van der Waals surface area contributed by atoms with Crippen molar-refractivity contribution in [2.75, 3.05) is 17.3 Å². The van der Waals surface area contributed by atoms with Crippen molar-refractivity contribution in [1.82, 2.24) is 0 Å². The van der Waals surface area contributed by atoms with Gasteiger partial charge in [0.05, 0.1) is 17.9 Å². The van der Waals surface area contributed by atoms with Crippen LogP contribution in [0.2, 0.25) is 0 Å². The Bertz CT molecular complexity index is 167. The second-order valence-corrected chi connectivity index (χ2v) is 2.54. The first-order valence-corrected chi connectivity index (χ1v) is 5.13. The fourth-order valence-electron chi connectivity index (χ4n) is 0. The molecule has 0 fully saturated rings. The van der Waals surface area contributed by atoms with Gasteiger partial charge in [0.2, 0.25) is 0 Å². The van der Waals surface area contributed by atoms with E-state index in [1.807, 2.05) is 0 Å². The summed E-state index contributed by atoms with van der Waals surface area (Å²) in [6.45, 7) is 0. The van der Waals surface area contributed by atoms with Crippen LogP contribution in [0.5, 0.6) is 0 Å². The van der Waals surface area contributed by atoms with E-state index in [1.165, 1.54) is 0 Å². The van der Waals surface area contributed by atoms with E-state index in [-0.39, 0.29) is 34.0 Å². The number of carboxylic acids is 3. The maximum Gasteiger partial charge on any atom is 3.00 e. The number of rotatable bonds is 3. The summed E-state index contributed by atoms with van der Waals surface area (Å²) in [7, 11) is 0. The van der Waals surface area contributed by atoms with Crippen LogP contribution >= 0.6 is 37.9 Å². The van der Waals surface area contributed by atoms with E-state index in [2.05, 4.69) is 37.9 Å². The first-order valence-electron chi connectivity index (χ1n) is 3.23. The molecular weight excluding hydrogens is 323 g/mol. The third-order valence-electron chi connectivity index (χ3n) is 0.387. The van der Waals surface area contributed by atoms with Gasteiger partial charge in [0.25, 0.3) is 0 Å². The second-order valence-electron chi connectivity index (χ2n) is 1.59. The molecule has 0 spiro atoms. The van der Waals surface area contributed by atoms with E-state index in [0.29, 0.717) is 0 Å². The number of carboxylic acid groups (broad SMARTS) is 3. The van der Waals surface area contributed by atoms with Gasteiger partial charge < -0.3 is 29.7 Å². The first kappa shape index (κ1) is 25.0. The molecule has 96 valence electrons. The molecule has 0 aromatic rings. The van der Waals surface area contributed by atoms with E-state index >= 15 is 0 Å². The van der Waals surface area contributed by atoms with Gasteiger partial charge in [0, 0.05) is 17.3 Å². The van der Waals surface area contributed by atoms with E-state index in [0.717, 1.165) is 0 Å². The second kappa shape index (κ2) is 20.4. The number of aliphatic carboxylic acids is 3. The van der Waals surface area contributed by atoms with Crippen molar-refractivity contribution in [3.05, 3.63) is 0 Å². The standard InChI is InChI=1S/3C2H4O2S.Co/c3*3-2(4)1-5;/h3*5H,1H2,(H,3,4);/q;;;+3/p-3. The molecule has 0 bridgehead atoms. The Morgan fingerprint density at radius 3 is 0.750 bits per heavy atom. The molecule has 0 aromatic carbocycles. The summed E-state index contributed by atoms with van der Waals surface area (Å²) in [5.41, 5.74) is 0. The Labute approximate surface area is 119 Å². The molecule has 0 aliphatic rings. The van der Waals surface area contributed by atoms with Crippen LogP contribution in [0.15, 0.2) is 0 Å². The molecule has 0 rings (SSSR count). The zero-order valence-corrected chi connectivity index (χ0v) is 11.5. The minimum atomic E-state index is -1.13. The molecule has 0 saturated heterocycles. The molecule has 0 atom stereocenters. The van der Waals surface area contributed by atoms with E-state index in [9.17, 15) is 29.7 Å². The van der Waals surface area contributed by atoms with Crippen LogP contribution in [-0.2, 0) is 31.2 Å². The predicted molar refractivity (Wildman–Crippen MR) is 56.6 cm³/mol. The van der Waals surface area contributed by atoms with Crippen molar-refractivity contribution in [1.29, 1.82) is 0 Å². The number of thiol groups is 3. The average molecular weight is 332 g/mol. The number of hydrogen-bond acceptors (Lipinski definition) is 9. The summed E-state index contributed by atoms with van der Waals surface area (Å²) in [6, 6.07) is 0. The predicted octanol–water partition coefficient (Wildman–Crippen LogP) is -4.00. The maximum absolute atomic E-state index is 9.18. The van der Waals surface area contributed by atoms with Crippen molar-refractivity contribution in [2.24, 2.45) is 0 Å². The average Bonchev–Trinajstić information content (AvgIpc) is 2.19.